The lowest BCUT2D eigenvalue weighted by atomic mass is 9.86. The van der Waals surface area contributed by atoms with E-state index in [1.54, 1.807) is 6.08 Å². The fourth-order valence-corrected chi connectivity index (χ4v) is 2.66. The van der Waals surface area contributed by atoms with Gasteiger partial charge in [0.05, 0.1) is 6.10 Å². The first-order valence-electron chi connectivity index (χ1n) is 7.36. The lowest BCUT2D eigenvalue weighted by molar-refractivity contribution is -0.116. The summed E-state index contributed by atoms with van der Waals surface area (Å²) in [7, 11) is 0. The van der Waals surface area contributed by atoms with Crippen LogP contribution in [0.2, 0.25) is 0 Å². The van der Waals surface area contributed by atoms with E-state index < -0.39 is 0 Å². The number of amides is 1. The molecule has 0 aliphatic heterocycles. The molecule has 3 nitrogen and oxygen atoms in total. The van der Waals surface area contributed by atoms with Crippen molar-refractivity contribution in [2.75, 3.05) is 6.54 Å². The van der Waals surface area contributed by atoms with Crippen LogP contribution in [0.15, 0.2) is 30.3 Å². The summed E-state index contributed by atoms with van der Waals surface area (Å²) in [5.41, 5.74) is 2.21. The maximum Gasteiger partial charge on any atom is 0.244 e. The predicted molar refractivity (Wildman–Crippen MR) is 81.2 cm³/mol. The Morgan fingerprint density at radius 2 is 2.10 bits per heavy atom. The van der Waals surface area contributed by atoms with E-state index in [0.29, 0.717) is 6.54 Å². The van der Waals surface area contributed by atoms with E-state index in [4.69, 9.17) is 0 Å². The molecule has 2 N–H and O–H groups in total. The molecule has 2 unspecified atom stereocenters. The molecule has 0 spiro atoms. The van der Waals surface area contributed by atoms with Crippen LogP contribution in [0, 0.1) is 12.8 Å². The third-order valence-corrected chi connectivity index (χ3v) is 4.01. The van der Waals surface area contributed by atoms with Crippen molar-refractivity contribution in [1.82, 2.24) is 5.32 Å². The average molecular weight is 273 g/mol. The summed E-state index contributed by atoms with van der Waals surface area (Å²) in [5.74, 6) is 0.116. The SMILES string of the molecule is Cc1ccccc1C=CC(=O)NCC1CCCCC1O. The van der Waals surface area contributed by atoms with Gasteiger partial charge in [0, 0.05) is 18.5 Å². The standard InChI is InChI=1S/C17H23NO2/c1-13-6-2-3-7-14(13)10-11-17(20)18-12-15-8-4-5-9-16(15)19/h2-3,6-7,10-11,15-16,19H,4-5,8-9,12H2,1H3,(H,18,20). The summed E-state index contributed by atoms with van der Waals surface area (Å²) in [4.78, 5) is 11.8. The van der Waals surface area contributed by atoms with Crippen LogP contribution >= 0.6 is 0 Å². The Kier molecular flexibility index (Phi) is 5.36. The number of rotatable bonds is 4. The Balaban J connectivity index is 1.82. The Bertz CT molecular complexity index is 482. The molecule has 3 heteroatoms. The topological polar surface area (TPSA) is 49.3 Å². The molecule has 1 aromatic rings. The molecule has 1 aliphatic rings. The lowest BCUT2D eigenvalue weighted by Gasteiger charge is -2.27. The summed E-state index contributed by atoms with van der Waals surface area (Å²) in [6, 6.07) is 7.96. The van der Waals surface area contributed by atoms with Crippen molar-refractivity contribution in [2.45, 2.75) is 38.7 Å². The fourth-order valence-electron chi connectivity index (χ4n) is 2.66. The highest BCUT2D eigenvalue weighted by Crippen LogP contribution is 2.23. The van der Waals surface area contributed by atoms with E-state index in [2.05, 4.69) is 5.32 Å². The molecular formula is C17H23NO2. The van der Waals surface area contributed by atoms with Crippen molar-refractivity contribution in [2.24, 2.45) is 5.92 Å². The van der Waals surface area contributed by atoms with Crippen LogP contribution in [0.5, 0.6) is 0 Å². The van der Waals surface area contributed by atoms with Gasteiger partial charge in [0.2, 0.25) is 5.91 Å². The molecule has 0 heterocycles. The zero-order valence-electron chi connectivity index (χ0n) is 12.0. The van der Waals surface area contributed by atoms with Gasteiger partial charge in [-0.15, -0.1) is 0 Å². The monoisotopic (exact) mass is 273 g/mol. The number of carbonyl (C=O) groups excluding carboxylic acids is 1. The van der Waals surface area contributed by atoms with Gasteiger partial charge in [0.1, 0.15) is 0 Å². The Hall–Kier alpha value is -1.61. The molecule has 0 saturated heterocycles. The van der Waals surface area contributed by atoms with E-state index in [1.807, 2.05) is 37.3 Å². The molecule has 0 aromatic heterocycles. The highest BCUT2D eigenvalue weighted by atomic mass is 16.3. The first-order chi connectivity index (χ1) is 9.66. The van der Waals surface area contributed by atoms with Gasteiger partial charge in [0.15, 0.2) is 0 Å². The second-order valence-corrected chi connectivity index (χ2v) is 5.55. The van der Waals surface area contributed by atoms with E-state index in [9.17, 15) is 9.90 Å². The summed E-state index contributed by atoms with van der Waals surface area (Å²) < 4.78 is 0. The maximum atomic E-state index is 11.8. The van der Waals surface area contributed by atoms with Gasteiger partial charge in [-0.1, -0.05) is 37.1 Å². The maximum absolute atomic E-state index is 11.8. The minimum absolute atomic E-state index is 0.0916. The summed E-state index contributed by atoms with van der Waals surface area (Å²) in [6.07, 6.45) is 7.25. The molecular weight excluding hydrogens is 250 g/mol. The lowest BCUT2D eigenvalue weighted by Crippen LogP contribution is -2.36. The third kappa shape index (κ3) is 4.20. The van der Waals surface area contributed by atoms with Gasteiger partial charge >= 0.3 is 0 Å². The minimum Gasteiger partial charge on any atom is -0.393 e. The number of hydrogen-bond acceptors (Lipinski definition) is 2. The van der Waals surface area contributed by atoms with Crippen molar-refractivity contribution in [1.29, 1.82) is 0 Å². The van der Waals surface area contributed by atoms with Crippen molar-refractivity contribution in [3.8, 4) is 0 Å². The Morgan fingerprint density at radius 3 is 2.85 bits per heavy atom. The van der Waals surface area contributed by atoms with Crippen molar-refractivity contribution in [3.63, 3.8) is 0 Å². The normalized spacial score (nSPS) is 22.9. The molecule has 1 amide bonds. The van der Waals surface area contributed by atoms with E-state index in [-0.39, 0.29) is 17.9 Å². The molecule has 1 saturated carbocycles. The smallest absolute Gasteiger partial charge is 0.244 e. The molecule has 20 heavy (non-hydrogen) atoms. The van der Waals surface area contributed by atoms with Crippen molar-refractivity contribution in [3.05, 3.63) is 41.5 Å². The zero-order valence-corrected chi connectivity index (χ0v) is 12.0. The molecule has 1 aliphatic carbocycles. The van der Waals surface area contributed by atoms with E-state index >= 15 is 0 Å². The Labute approximate surface area is 120 Å². The molecule has 1 aromatic carbocycles. The molecule has 108 valence electrons. The number of carbonyl (C=O) groups is 1. The van der Waals surface area contributed by atoms with Gasteiger partial charge in [-0.05, 0) is 37.0 Å². The number of aliphatic hydroxyl groups is 1. The molecule has 2 rings (SSSR count). The molecule has 1 fully saturated rings. The number of aliphatic hydroxyl groups excluding tert-OH is 1. The highest BCUT2D eigenvalue weighted by molar-refractivity contribution is 5.91. The third-order valence-electron chi connectivity index (χ3n) is 4.01. The van der Waals surface area contributed by atoms with Gasteiger partial charge in [-0.2, -0.15) is 0 Å². The highest BCUT2D eigenvalue weighted by Gasteiger charge is 2.22. The van der Waals surface area contributed by atoms with Crippen molar-refractivity contribution < 1.29 is 9.90 Å². The van der Waals surface area contributed by atoms with Crippen LogP contribution in [0.3, 0.4) is 0 Å². The molecule has 0 bridgehead atoms. The second-order valence-electron chi connectivity index (χ2n) is 5.55. The average Bonchev–Trinajstić information content (AvgIpc) is 2.45. The van der Waals surface area contributed by atoms with Crippen molar-refractivity contribution >= 4 is 12.0 Å². The molecule has 0 radical (unpaired) electrons. The van der Waals surface area contributed by atoms with Crippen LogP contribution in [-0.2, 0) is 4.79 Å². The summed E-state index contributed by atoms with van der Waals surface area (Å²) >= 11 is 0. The quantitative estimate of drug-likeness (QED) is 0.829. The second kappa shape index (κ2) is 7.25. The summed E-state index contributed by atoms with van der Waals surface area (Å²) in [5, 5.41) is 12.7. The van der Waals surface area contributed by atoms with Crippen LogP contribution in [0.4, 0.5) is 0 Å². The number of nitrogens with one attached hydrogen (secondary N) is 1. The minimum atomic E-state index is -0.260. The number of hydrogen-bond donors (Lipinski definition) is 2. The predicted octanol–water partition coefficient (Wildman–Crippen LogP) is 2.68. The fraction of sp³-hybridized carbons (Fsp3) is 0.471. The first-order valence-corrected chi connectivity index (χ1v) is 7.36. The molecule has 2 atom stereocenters. The number of benzene rings is 1. The van der Waals surface area contributed by atoms with Crippen LogP contribution in [-0.4, -0.2) is 23.7 Å². The largest absolute Gasteiger partial charge is 0.393 e. The Morgan fingerprint density at radius 1 is 1.35 bits per heavy atom. The van der Waals surface area contributed by atoms with Crippen LogP contribution in [0.25, 0.3) is 6.08 Å². The van der Waals surface area contributed by atoms with E-state index in [0.717, 1.165) is 36.8 Å². The summed E-state index contributed by atoms with van der Waals surface area (Å²) in [6.45, 7) is 2.59. The van der Waals surface area contributed by atoms with Gasteiger partial charge < -0.3 is 10.4 Å². The van der Waals surface area contributed by atoms with Gasteiger partial charge in [0.25, 0.3) is 0 Å². The van der Waals surface area contributed by atoms with Gasteiger partial charge in [-0.3, -0.25) is 4.79 Å². The van der Waals surface area contributed by atoms with Crippen LogP contribution in [0.1, 0.15) is 36.8 Å². The van der Waals surface area contributed by atoms with Crippen LogP contribution < -0.4 is 5.32 Å². The van der Waals surface area contributed by atoms with Gasteiger partial charge in [-0.25, -0.2) is 0 Å². The number of aryl methyl sites for hydroxylation is 1. The zero-order chi connectivity index (χ0) is 14.4. The van der Waals surface area contributed by atoms with E-state index in [1.165, 1.54) is 0 Å². The first kappa shape index (κ1) is 14.8.